The van der Waals surface area contributed by atoms with Crippen LogP contribution in [-0.2, 0) is 5.72 Å². The third-order valence-corrected chi connectivity index (χ3v) is 5.87. The van der Waals surface area contributed by atoms with Crippen LogP contribution in [0.15, 0.2) is 42.5 Å². The van der Waals surface area contributed by atoms with Crippen molar-refractivity contribution in [2.75, 3.05) is 32.2 Å². The average molecular weight is 381 g/mol. The van der Waals surface area contributed by atoms with Crippen LogP contribution in [0.25, 0.3) is 0 Å². The molecule has 2 aromatic rings. The minimum Gasteiger partial charge on any atom is -0.497 e. The van der Waals surface area contributed by atoms with Crippen LogP contribution in [0.3, 0.4) is 0 Å². The predicted molar refractivity (Wildman–Crippen MR) is 111 cm³/mol. The maximum absolute atomic E-state index is 12.0. The van der Waals surface area contributed by atoms with E-state index < -0.39 is 5.72 Å². The number of rotatable bonds is 4. The van der Waals surface area contributed by atoms with Crippen molar-refractivity contribution in [3.05, 3.63) is 53.6 Å². The van der Waals surface area contributed by atoms with Gasteiger partial charge in [-0.15, -0.1) is 0 Å². The van der Waals surface area contributed by atoms with Crippen molar-refractivity contribution >= 4 is 11.5 Å². The maximum Gasteiger partial charge on any atom is 0.275 e. The van der Waals surface area contributed by atoms with E-state index in [2.05, 4.69) is 28.5 Å². The third-order valence-electron chi connectivity index (χ3n) is 5.87. The zero-order chi connectivity index (χ0) is 19.7. The van der Waals surface area contributed by atoms with Crippen LogP contribution in [-0.4, -0.2) is 42.8 Å². The number of aryl methyl sites for hydroxylation is 1. The van der Waals surface area contributed by atoms with Crippen LogP contribution >= 0.6 is 0 Å². The van der Waals surface area contributed by atoms with Crippen molar-refractivity contribution in [2.45, 2.75) is 38.3 Å². The van der Waals surface area contributed by atoms with Crippen LogP contribution in [0.5, 0.6) is 11.5 Å². The molecule has 0 amide bonds. The summed E-state index contributed by atoms with van der Waals surface area (Å²) in [5.74, 6) is 2.61. The standard InChI is InChI=1S/C23H29N2O3/c1-17-8-10-18(11-9-17)23(26)16-24-14-6-4-5-7-22(24)25(23)20-13-12-19(27-2)15-21(20)28-3/h8-13,15,26H,4-7,14,16H2,1-3H3/q+1/t23-/m1/s1. The van der Waals surface area contributed by atoms with Crippen molar-refractivity contribution in [1.82, 2.24) is 0 Å². The number of amidine groups is 1. The monoisotopic (exact) mass is 381 g/mol. The predicted octanol–water partition coefficient (Wildman–Crippen LogP) is 3.66. The Labute approximate surface area is 166 Å². The van der Waals surface area contributed by atoms with Gasteiger partial charge in [0.25, 0.3) is 11.6 Å². The number of methoxy groups -OCH3 is 2. The van der Waals surface area contributed by atoms with E-state index in [1.54, 1.807) is 14.2 Å². The molecule has 0 unspecified atom stereocenters. The normalized spacial score (nSPS) is 22.1. The number of hydrogen-bond donors (Lipinski definition) is 1. The first kappa shape index (κ1) is 18.8. The summed E-state index contributed by atoms with van der Waals surface area (Å²) in [7, 11) is 3.31. The van der Waals surface area contributed by atoms with Crippen molar-refractivity contribution in [3.63, 3.8) is 0 Å². The summed E-state index contributed by atoms with van der Waals surface area (Å²) < 4.78 is 13.4. The van der Waals surface area contributed by atoms with Gasteiger partial charge in [0.15, 0.2) is 18.0 Å². The summed E-state index contributed by atoms with van der Waals surface area (Å²) in [6, 6.07) is 14.0. The molecule has 5 nitrogen and oxygen atoms in total. The lowest BCUT2D eigenvalue weighted by Gasteiger charge is -2.30. The summed E-state index contributed by atoms with van der Waals surface area (Å²) in [4.78, 5) is 2.08. The molecule has 2 aliphatic rings. The highest BCUT2D eigenvalue weighted by atomic mass is 16.5. The molecule has 0 saturated heterocycles. The minimum atomic E-state index is -1.14. The Hall–Kier alpha value is -2.53. The van der Waals surface area contributed by atoms with Crippen LogP contribution in [0.2, 0.25) is 0 Å². The van der Waals surface area contributed by atoms with Gasteiger partial charge in [-0.3, -0.25) is 4.58 Å². The molecule has 0 aliphatic carbocycles. The summed E-state index contributed by atoms with van der Waals surface area (Å²) in [6.07, 6.45) is 4.45. The van der Waals surface area contributed by atoms with Crippen molar-refractivity contribution < 1.29 is 19.2 Å². The Kier molecular flexibility index (Phi) is 5.02. The fourth-order valence-electron chi connectivity index (χ4n) is 4.37. The molecular weight excluding hydrogens is 352 g/mol. The second kappa shape index (κ2) is 7.47. The summed E-state index contributed by atoms with van der Waals surface area (Å²) in [5.41, 5.74) is 1.81. The summed E-state index contributed by atoms with van der Waals surface area (Å²) >= 11 is 0. The third kappa shape index (κ3) is 3.14. The quantitative estimate of drug-likeness (QED) is 0.821. The molecule has 0 radical (unpaired) electrons. The van der Waals surface area contributed by atoms with Crippen molar-refractivity contribution in [2.24, 2.45) is 0 Å². The second-order valence-corrected chi connectivity index (χ2v) is 7.70. The maximum atomic E-state index is 12.0. The topological polar surface area (TPSA) is 44.9 Å². The van der Waals surface area contributed by atoms with E-state index in [1.165, 1.54) is 17.8 Å². The summed E-state index contributed by atoms with van der Waals surface area (Å²) in [5, 5.41) is 12.0. The lowest BCUT2D eigenvalue weighted by Crippen LogP contribution is -2.47. The highest BCUT2D eigenvalue weighted by Crippen LogP contribution is 2.43. The van der Waals surface area contributed by atoms with E-state index in [4.69, 9.17) is 9.47 Å². The first-order valence-corrected chi connectivity index (χ1v) is 9.99. The van der Waals surface area contributed by atoms with Gasteiger partial charge in [0.05, 0.1) is 20.8 Å². The number of anilines is 1. The molecule has 2 aromatic carbocycles. The Balaban J connectivity index is 1.87. The molecule has 0 aromatic heterocycles. The number of hydrogen-bond acceptors (Lipinski definition) is 4. The smallest absolute Gasteiger partial charge is 0.275 e. The van der Waals surface area contributed by atoms with Gasteiger partial charge in [0.1, 0.15) is 5.75 Å². The molecule has 0 spiro atoms. The first-order chi connectivity index (χ1) is 13.6. The van der Waals surface area contributed by atoms with E-state index in [0.29, 0.717) is 12.3 Å². The molecule has 0 bridgehead atoms. The van der Waals surface area contributed by atoms with Gasteiger partial charge in [-0.2, -0.15) is 4.90 Å². The molecule has 148 valence electrons. The number of ether oxygens (including phenoxy) is 2. The van der Waals surface area contributed by atoms with Gasteiger partial charge in [0.2, 0.25) is 0 Å². The lowest BCUT2D eigenvalue weighted by atomic mass is 9.98. The van der Waals surface area contributed by atoms with Crippen molar-refractivity contribution in [1.29, 1.82) is 0 Å². The molecule has 2 aliphatic heterocycles. The Morgan fingerprint density at radius 1 is 1.00 bits per heavy atom. The number of benzene rings is 2. The zero-order valence-corrected chi connectivity index (χ0v) is 16.9. The van der Waals surface area contributed by atoms with E-state index in [0.717, 1.165) is 42.8 Å². The molecule has 1 N–H and O–H groups in total. The molecule has 2 heterocycles. The van der Waals surface area contributed by atoms with Gasteiger partial charge in [0, 0.05) is 18.1 Å². The lowest BCUT2D eigenvalue weighted by molar-refractivity contribution is -0.534. The van der Waals surface area contributed by atoms with Crippen LogP contribution in [0.1, 0.15) is 36.8 Å². The first-order valence-electron chi connectivity index (χ1n) is 9.99. The molecule has 1 atom stereocenters. The van der Waals surface area contributed by atoms with E-state index >= 15 is 0 Å². The Morgan fingerprint density at radius 3 is 2.50 bits per heavy atom. The highest BCUT2D eigenvalue weighted by molar-refractivity contribution is 5.98. The van der Waals surface area contributed by atoms with E-state index in [-0.39, 0.29) is 0 Å². The Morgan fingerprint density at radius 2 is 1.79 bits per heavy atom. The molecular formula is C23H29N2O3+. The summed E-state index contributed by atoms with van der Waals surface area (Å²) in [6.45, 7) is 3.59. The molecule has 4 rings (SSSR count). The zero-order valence-electron chi connectivity index (χ0n) is 16.9. The minimum absolute atomic E-state index is 0.556. The average Bonchev–Trinajstić information content (AvgIpc) is 2.84. The Bertz CT molecular complexity index is 891. The molecule has 0 saturated carbocycles. The van der Waals surface area contributed by atoms with Crippen LogP contribution in [0.4, 0.5) is 5.69 Å². The van der Waals surface area contributed by atoms with Crippen LogP contribution in [0, 0.1) is 6.92 Å². The van der Waals surface area contributed by atoms with Gasteiger partial charge in [-0.05, 0) is 38.3 Å². The SMILES string of the molecule is COc1ccc(N2C3=[N+](CCCCC3)C[C@@]2(O)c2ccc(C)cc2)c(OC)c1. The fourth-order valence-corrected chi connectivity index (χ4v) is 4.37. The number of aliphatic hydroxyl groups is 1. The molecule has 28 heavy (non-hydrogen) atoms. The van der Waals surface area contributed by atoms with Crippen molar-refractivity contribution in [3.8, 4) is 11.5 Å². The van der Waals surface area contributed by atoms with Crippen LogP contribution < -0.4 is 14.4 Å². The van der Waals surface area contributed by atoms with E-state index in [1.807, 2.05) is 30.3 Å². The fraction of sp³-hybridized carbons (Fsp3) is 0.435. The highest BCUT2D eigenvalue weighted by Gasteiger charge is 2.54. The second-order valence-electron chi connectivity index (χ2n) is 7.70. The van der Waals surface area contributed by atoms with Gasteiger partial charge in [-0.1, -0.05) is 29.8 Å². The largest absolute Gasteiger partial charge is 0.497 e. The number of nitrogens with zero attached hydrogens (tertiary/aromatic N) is 2. The van der Waals surface area contributed by atoms with E-state index in [9.17, 15) is 5.11 Å². The molecule has 0 fully saturated rings. The van der Waals surface area contributed by atoms with Gasteiger partial charge >= 0.3 is 0 Å². The van der Waals surface area contributed by atoms with Gasteiger partial charge in [-0.25, -0.2) is 0 Å². The molecule has 5 heteroatoms. The van der Waals surface area contributed by atoms with Gasteiger partial charge < -0.3 is 14.6 Å².